The maximum absolute atomic E-state index is 4.54. The van der Waals surface area contributed by atoms with Gasteiger partial charge in [0.2, 0.25) is 0 Å². The lowest BCUT2D eigenvalue weighted by Gasteiger charge is -2.09. The van der Waals surface area contributed by atoms with Crippen LogP contribution in [0.3, 0.4) is 0 Å². The number of H-pyrrole nitrogens is 2. The molecule has 4 aromatic heterocycles. The lowest BCUT2D eigenvalue weighted by molar-refractivity contribution is 0.957. The number of aromatic amines is 2. The Bertz CT molecular complexity index is 1160. The molecule has 1 aromatic carbocycles. The van der Waals surface area contributed by atoms with Crippen LogP contribution >= 0.6 is 0 Å². The van der Waals surface area contributed by atoms with Crippen molar-refractivity contribution >= 4 is 17.2 Å². The minimum absolute atomic E-state index is 0.637. The van der Waals surface area contributed by atoms with E-state index in [1.165, 1.54) is 6.33 Å². The number of fused-ring (bicyclic) bond motifs is 1. The number of hydrogen-bond donors (Lipinski definition) is 3. The first kappa shape index (κ1) is 14.4. The Morgan fingerprint density at radius 3 is 2.85 bits per heavy atom. The smallest absolute Gasteiger partial charge is 0.199 e. The molecule has 0 saturated carbocycles. The van der Waals surface area contributed by atoms with E-state index in [4.69, 9.17) is 0 Å². The lowest BCUT2D eigenvalue weighted by Crippen LogP contribution is -2.01. The molecule has 0 radical (unpaired) electrons. The van der Waals surface area contributed by atoms with E-state index in [-0.39, 0.29) is 0 Å². The molecular weight excluding hydrogens is 328 g/mol. The molecule has 8 heteroatoms. The first-order valence-electron chi connectivity index (χ1n) is 8.07. The Balaban J connectivity index is 1.54. The Kier molecular flexibility index (Phi) is 3.24. The minimum atomic E-state index is 0.637. The van der Waals surface area contributed by atoms with Gasteiger partial charge in [0.1, 0.15) is 6.33 Å². The van der Waals surface area contributed by atoms with Gasteiger partial charge in [-0.15, -0.1) is 0 Å². The summed E-state index contributed by atoms with van der Waals surface area (Å²) in [6.45, 7) is 0. The van der Waals surface area contributed by atoms with Crippen molar-refractivity contribution in [3.63, 3.8) is 0 Å². The van der Waals surface area contributed by atoms with E-state index >= 15 is 0 Å². The molecule has 0 aliphatic heterocycles. The summed E-state index contributed by atoms with van der Waals surface area (Å²) in [5.74, 6) is 0.637. The lowest BCUT2D eigenvalue weighted by atomic mass is 10.1. The first-order chi connectivity index (χ1) is 12.9. The van der Waals surface area contributed by atoms with Crippen LogP contribution in [0.15, 0.2) is 67.5 Å². The third-order valence-corrected chi connectivity index (χ3v) is 4.13. The molecule has 8 nitrogen and oxygen atoms in total. The van der Waals surface area contributed by atoms with E-state index < -0.39 is 0 Å². The van der Waals surface area contributed by atoms with E-state index in [0.717, 1.165) is 28.2 Å². The zero-order valence-electron chi connectivity index (χ0n) is 13.6. The van der Waals surface area contributed by atoms with Gasteiger partial charge < -0.3 is 10.3 Å². The quantitative estimate of drug-likeness (QED) is 0.465. The van der Waals surface area contributed by atoms with Gasteiger partial charge in [-0.2, -0.15) is 10.2 Å². The van der Waals surface area contributed by atoms with Crippen LogP contribution in [-0.2, 0) is 0 Å². The molecule has 0 bridgehead atoms. The van der Waals surface area contributed by atoms with E-state index in [1.54, 1.807) is 23.1 Å². The van der Waals surface area contributed by atoms with Gasteiger partial charge in [0.15, 0.2) is 11.5 Å². The third kappa shape index (κ3) is 2.40. The maximum atomic E-state index is 4.54. The topological polar surface area (TPSA) is 99.6 Å². The van der Waals surface area contributed by atoms with Crippen molar-refractivity contribution in [1.82, 2.24) is 34.8 Å². The fourth-order valence-electron chi connectivity index (χ4n) is 2.90. The predicted octanol–water partition coefficient (Wildman–Crippen LogP) is 3.25. The Labute approximate surface area is 148 Å². The molecule has 5 rings (SSSR count). The molecule has 0 amide bonds. The molecule has 4 heterocycles. The van der Waals surface area contributed by atoms with E-state index in [2.05, 4.69) is 47.7 Å². The second kappa shape index (κ2) is 5.85. The van der Waals surface area contributed by atoms with Crippen LogP contribution in [0, 0.1) is 0 Å². The summed E-state index contributed by atoms with van der Waals surface area (Å²) in [6, 6.07) is 12.1. The van der Waals surface area contributed by atoms with Crippen molar-refractivity contribution in [1.29, 1.82) is 0 Å². The molecule has 126 valence electrons. The number of anilines is 2. The van der Waals surface area contributed by atoms with E-state index in [9.17, 15) is 0 Å². The minimum Gasteiger partial charge on any atom is -0.361 e. The SMILES string of the molecule is c1cc(Nc2ncc(-c3cn[nH]c3)n3ncnc23)cc(-c2ccc[nH]2)c1. The molecule has 26 heavy (non-hydrogen) atoms. The van der Waals surface area contributed by atoms with Crippen molar-refractivity contribution in [2.45, 2.75) is 0 Å². The second-order valence-corrected chi connectivity index (χ2v) is 5.76. The number of benzene rings is 1. The number of nitrogens with one attached hydrogen (secondary N) is 3. The summed E-state index contributed by atoms with van der Waals surface area (Å²) in [5, 5.41) is 14.4. The summed E-state index contributed by atoms with van der Waals surface area (Å²) < 4.78 is 1.75. The highest BCUT2D eigenvalue weighted by Crippen LogP contribution is 2.26. The normalized spacial score (nSPS) is 11.1. The van der Waals surface area contributed by atoms with E-state index in [1.807, 2.05) is 30.5 Å². The molecule has 0 saturated heterocycles. The van der Waals surface area contributed by atoms with Gasteiger partial charge in [-0.3, -0.25) is 5.10 Å². The van der Waals surface area contributed by atoms with Gasteiger partial charge in [-0.25, -0.2) is 14.5 Å². The van der Waals surface area contributed by atoms with Crippen molar-refractivity contribution in [2.24, 2.45) is 0 Å². The Morgan fingerprint density at radius 2 is 2.00 bits per heavy atom. The number of hydrogen-bond acceptors (Lipinski definition) is 5. The van der Waals surface area contributed by atoms with Crippen LogP contribution in [0.1, 0.15) is 0 Å². The first-order valence-corrected chi connectivity index (χ1v) is 8.07. The molecule has 0 unspecified atom stereocenters. The standard InChI is InChI=1S/C18H14N8/c1-3-12(15-5-2-6-19-15)7-14(4-1)25-17-18-21-11-24-26(18)16(10-20-17)13-8-22-23-9-13/h1-11,19H,(H,20,25)(H,22,23). The number of nitrogens with zero attached hydrogens (tertiary/aromatic N) is 5. The van der Waals surface area contributed by atoms with Gasteiger partial charge >= 0.3 is 0 Å². The predicted molar refractivity (Wildman–Crippen MR) is 97.9 cm³/mol. The van der Waals surface area contributed by atoms with E-state index in [0.29, 0.717) is 11.5 Å². The Morgan fingerprint density at radius 1 is 1.00 bits per heavy atom. The van der Waals surface area contributed by atoms with Crippen LogP contribution in [0.2, 0.25) is 0 Å². The Hall–Kier alpha value is -3.94. The second-order valence-electron chi connectivity index (χ2n) is 5.76. The van der Waals surface area contributed by atoms with Crippen LogP contribution in [-0.4, -0.2) is 34.8 Å². The third-order valence-electron chi connectivity index (χ3n) is 4.13. The molecule has 5 aromatic rings. The van der Waals surface area contributed by atoms with Crippen LogP contribution < -0.4 is 5.32 Å². The van der Waals surface area contributed by atoms with Gasteiger partial charge in [0, 0.05) is 29.3 Å². The van der Waals surface area contributed by atoms with Gasteiger partial charge in [0.25, 0.3) is 0 Å². The average molecular weight is 342 g/mol. The fourth-order valence-corrected chi connectivity index (χ4v) is 2.90. The molecule has 0 aliphatic rings. The largest absolute Gasteiger partial charge is 0.361 e. The van der Waals surface area contributed by atoms with Crippen LogP contribution in [0.5, 0.6) is 0 Å². The fraction of sp³-hybridized carbons (Fsp3) is 0. The summed E-state index contributed by atoms with van der Waals surface area (Å²) in [4.78, 5) is 12.1. The summed E-state index contributed by atoms with van der Waals surface area (Å²) in [7, 11) is 0. The van der Waals surface area contributed by atoms with Crippen LogP contribution in [0.25, 0.3) is 28.2 Å². The highest BCUT2D eigenvalue weighted by atomic mass is 15.3. The molecule has 3 N–H and O–H groups in total. The maximum Gasteiger partial charge on any atom is 0.199 e. The van der Waals surface area contributed by atoms with Gasteiger partial charge in [-0.05, 0) is 29.8 Å². The van der Waals surface area contributed by atoms with Crippen molar-refractivity contribution in [2.75, 3.05) is 5.32 Å². The van der Waals surface area contributed by atoms with Crippen molar-refractivity contribution in [3.8, 4) is 22.5 Å². The van der Waals surface area contributed by atoms with Gasteiger partial charge in [0.05, 0.1) is 18.1 Å². The molecular formula is C18H14N8. The number of aromatic nitrogens is 7. The average Bonchev–Trinajstić information content (AvgIpc) is 3.43. The zero-order valence-corrected chi connectivity index (χ0v) is 13.6. The van der Waals surface area contributed by atoms with Crippen molar-refractivity contribution < 1.29 is 0 Å². The van der Waals surface area contributed by atoms with Crippen LogP contribution in [0.4, 0.5) is 11.5 Å². The summed E-state index contributed by atoms with van der Waals surface area (Å²) in [6.07, 6.45) is 8.70. The summed E-state index contributed by atoms with van der Waals surface area (Å²) in [5.41, 5.74) is 5.43. The van der Waals surface area contributed by atoms with Crippen molar-refractivity contribution in [3.05, 3.63) is 67.5 Å². The molecule has 0 atom stereocenters. The number of rotatable bonds is 4. The zero-order chi connectivity index (χ0) is 17.3. The highest BCUT2D eigenvalue weighted by molar-refractivity contribution is 5.75. The molecule has 0 aliphatic carbocycles. The van der Waals surface area contributed by atoms with Gasteiger partial charge in [-0.1, -0.05) is 12.1 Å². The summed E-state index contributed by atoms with van der Waals surface area (Å²) >= 11 is 0. The molecule has 0 fully saturated rings. The monoisotopic (exact) mass is 342 g/mol. The molecule has 0 spiro atoms. The highest BCUT2D eigenvalue weighted by Gasteiger charge is 2.12.